The molecule has 0 amide bonds. The first-order chi connectivity index (χ1) is 14.8. The predicted molar refractivity (Wildman–Crippen MR) is 114 cm³/mol. The summed E-state index contributed by atoms with van der Waals surface area (Å²) in [4.78, 5) is 36.4. The van der Waals surface area contributed by atoms with Crippen molar-refractivity contribution in [3.63, 3.8) is 0 Å². The van der Waals surface area contributed by atoms with Crippen molar-refractivity contribution < 1.29 is 38.8 Å². The van der Waals surface area contributed by atoms with Gasteiger partial charge in [0.25, 0.3) is 0 Å². The fourth-order valence-electron chi connectivity index (χ4n) is 5.26. The Bertz CT molecular complexity index is 911. The molecule has 2 N–H and O–H groups in total. The minimum absolute atomic E-state index is 0.210. The van der Waals surface area contributed by atoms with Crippen LogP contribution in [0.15, 0.2) is 34.9 Å². The van der Waals surface area contributed by atoms with Gasteiger partial charge in [-0.1, -0.05) is 24.6 Å². The van der Waals surface area contributed by atoms with E-state index in [9.17, 15) is 24.6 Å². The summed E-state index contributed by atoms with van der Waals surface area (Å²) < 4.78 is 16.9. The highest BCUT2D eigenvalue weighted by molar-refractivity contribution is 5.92. The van der Waals surface area contributed by atoms with Crippen LogP contribution in [0.25, 0.3) is 0 Å². The number of hydrogen-bond donors (Lipinski definition) is 2. The van der Waals surface area contributed by atoms with Crippen molar-refractivity contribution in [3.05, 3.63) is 34.9 Å². The second-order valence-electron chi connectivity index (χ2n) is 9.52. The van der Waals surface area contributed by atoms with E-state index < -0.39 is 59.3 Å². The molecule has 2 aliphatic carbocycles. The molecule has 0 fully saturated rings. The zero-order valence-corrected chi connectivity index (χ0v) is 19.4. The maximum absolute atomic E-state index is 12.4. The molecule has 0 spiro atoms. The quantitative estimate of drug-likeness (QED) is 0.375. The summed E-state index contributed by atoms with van der Waals surface area (Å²) in [7, 11) is 0. The maximum Gasteiger partial charge on any atom is 0.334 e. The summed E-state index contributed by atoms with van der Waals surface area (Å²) >= 11 is 0. The van der Waals surface area contributed by atoms with Crippen molar-refractivity contribution in [2.45, 2.75) is 84.4 Å². The number of esters is 3. The highest BCUT2D eigenvalue weighted by Crippen LogP contribution is 2.52. The van der Waals surface area contributed by atoms with E-state index in [1.54, 1.807) is 19.1 Å². The second kappa shape index (κ2) is 8.48. The van der Waals surface area contributed by atoms with E-state index in [1.165, 1.54) is 26.8 Å². The Morgan fingerprint density at radius 1 is 1.12 bits per heavy atom. The van der Waals surface area contributed by atoms with Gasteiger partial charge in [0.2, 0.25) is 0 Å². The van der Waals surface area contributed by atoms with E-state index in [4.69, 9.17) is 14.2 Å². The molecule has 3 aliphatic rings. The summed E-state index contributed by atoms with van der Waals surface area (Å²) in [6, 6.07) is 0. The van der Waals surface area contributed by atoms with Gasteiger partial charge in [-0.2, -0.15) is 0 Å². The van der Waals surface area contributed by atoms with Crippen LogP contribution in [0.2, 0.25) is 0 Å². The number of hydrogen-bond acceptors (Lipinski definition) is 8. The largest absolute Gasteiger partial charge is 0.458 e. The molecule has 32 heavy (non-hydrogen) atoms. The molecular formula is C24H32O8. The van der Waals surface area contributed by atoms with Gasteiger partial charge in [0, 0.05) is 37.2 Å². The molecule has 8 nitrogen and oxygen atoms in total. The second-order valence-corrected chi connectivity index (χ2v) is 9.52. The average molecular weight is 449 g/mol. The number of rotatable bonds is 2. The summed E-state index contributed by atoms with van der Waals surface area (Å²) in [5.74, 6) is -2.22. The summed E-state index contributed by atoms with van der Waals surface area (Å²) in [5, 5.41) is 22.0. The number of carbonyl (C=O) groups excluding carboxylic acids is 3. The fraction of sp³-hybridized carbons (Fsp3) is 0.625. The number of aliphatic hydroxyl groups is 2. The Labute approximate surface area is 187 Å². The lowest BCUT2D eigenvalue weighted by molar-refractivity contribution is -0.192. The number of fused-ring (bicyclic) bond motifs is 2. The number of aliphatic hydroxyl groups excluding tert-OH is 1. The minimum atomic E-state index is -1.62. The van der Waals surface area contributed by atoms with Crippen molar-refractivity contribution in [2.24, 2.45) is 11.3 Å². The molecule has 0 aromatic rings. The van der Waals surface area contributed by atoms with Crippen LogP contribution in [0.5, 0.6) is 0 Å². The first-order valence-corrected chi connectivity index (χ1v) is 10.8. The molecule has 0 saturated heterocycles. The Hall–Kier alpha value is -2.45. The van der Waals surface area contributed by atoms with Crippen LogP contribution in [-0.2, 0) is 28.6 Å². The molecular weight excluding hydrogens is 416 g/mol. The Kier molecular flexibility index (Phi) is 6.41. The van der Waals surface area contributed by atoms with Gasteiger partial charge in [-0.25, -0.2) is 4.79 Å². The van der Waals surface area contributed by atoms with E-state index >= 15 is 0 Å². The molecule has 1 aliphatic heterocycles. The van der Waals surface area contributed by atoms with Gasteiger partial charge < -0.3 is 24.4 Å². The van der Waals surface area contributed by atoms with Crippen LogP contribution in [-0.4, -0.2) is 58.1 Å². The first kappa shape index (κ1) is 24.2. The molecule has 7 atom stereocenters. The van der Waals surface area contributed by atoms with Gasteiger partial charge in [-0.15, -0.1) is 0 Å². The standard InChI is InChI=1S/C24H32O8/c1-12-9-17-16(13(2)22(28)32-17)11-19-23(5,8-7-20(27)24(19,6)29)21(31-15(4)26)18(10-12)30-14(3)25/h7-9,17-21,27,29H,10-11H2,1-6H3. The van der Waals surface area contributed by atoms with Gasteiger partial charge in [0.15, 0.2) is 0 Å². The molecule has 0 bridgehead atoms. The van der Waals surface area contributed by atoms with Crippen LogP contribution in [0, 0.1) is 11.3 Å². The number of ether oxygens (including phenoxy) is 3. The van der Waals surface area contributed by atoms with Gasteiger partial charge in [-0.05, 0) is 38.8 Å². The van der Waals surface area contributed by atoms with E-state index in [0.29, 0.717) is 11.1 Å². The van der Waals surface area contributed by atoms with Crippen molar-refractivity contribution in [3.8, 4) is 0 Å². The summed E-state index contributed by atoms with van der Waals surface area (Å²) in [5.41, 5.74) is -0.685. The zero-order valence-electron chi connectivity index (χ0n) is 19.4. The van der Waals surface area contributed by atoms with E-state index in [1.807, 2.05) is 13.8 Å². The lowest BCUT2D eigenvalue weighted by Crippen LogP contribution is -2.60. The third-order valence-corrected chi connectivity index (χ3v) is 7.00. The Morgan fingerprint density at radius 3 is 2.34 bits per heavy atom. The summed E-state index contributed by atoms with van der Waals surface area (Å²) in [6.07, 6.45) is 1.84. The van der Waals surface area contributed by atoms with Crippen LogP contribution in [0.1, 0.15) is 54.4 Å². The zero-order chi connectivity index (χ0) is 24.0. The molecule has 1 heterocycles. The lowest BCUT2D eigenvalue weighted by Gasteiger charge is -2.53. The normalized spacial score (nSPS) is 39.4. The highest BCUT2D eigenvalue weighted by atomic mass is 16.6. The van der Waals surface area contributed by atoms with Crippen molar-refractivity contribution >= 4 is 17.9 Å². The first-order valence-electron chi connectivity index (χ1n) is 10.8. The molecule has 176 valence electrons. The third kappa shape index (κ3) is 4.26. The fourth-order valence-corrected chi connectivity index (χ4v) is 5.26. The molecule has 7 unspecified atom stereocenters. The maximum atomic E-state index is 12.4. The molecule has 0 aromatic heterocycles. The smallest absolute Gasteiger partial charge is 0.334 e. The molecule has 8 heteroatoms. The molecule has 0 radical (unpaired) electrons. The van der Waals surface area contributed by atoms with Gasteiger partial charge in [0.1, 0.15) is 24.4 Å². The average Bonchev–Trinajstić information content (AvgIpc) is 2.92. The Balaban J connectivity index is 2.26. The third-order valence-electron chi connectivity index (χ3n) is 7.00. The molecule has 0 saturated carbocycles. The predicted octanol–water partition coefficient (Wildman–Crippen LogP) is 2.14. The van der Waals surface area contributed by atoms with Crippen LogP contribution in [0.3, 0.4) is 0 Å². The van der Waals surface area contributed by atoms with Crippen molar-refractivity contribution in [1.82, 2.24) is 0 Å². The van der Waals surface area contributed by atoms with Crippen LogP contribution >= 0.6 is 0 Å². The highest BCUT2D eigenvalue weighted by Gasteiger charge is 2.57. The van der Waals surface area contributed by atoms with Gasteiger partial charge in [-0.3, -0.25) is 9.59 Å². The molecule has 0 aromatic carbocycles. The minimum Gasteiger partial charge on any atom is -0.458 e. The summed E-state index contributed by atoms with van der Waals surface area (Å²) in [6.45, 7) is 9.39. The monoisotopic (exact) mass is 448 g/mol. The van der Waals surface area contributed by atoms with Gasteiger partial charge >= 0.3 is 17.9 Å². The van der Waals surface area contributed by atoms with Crippen LogP contribution in [0.4, 0.5) is 0 Å². The van der Waals surface area contributed by atoms with Crippen LogP contribution < -0.4 is 0 Å². The van der Waals surface area contributed by atoms with E-state index in [0.717, 1.165) is 5.57 Å². The van der Waals surface area contributed by atoms with E-state index in [2.05, 4.69) is 0 Å². The van der Waals surface area contributed by atoms with Crippen molar-refractivity contribution in [2.75, 3.05) is 0 Å². The van der Waals surface area contributed by atoms with E-state index in [-0.39, 0.29) is 12.8 Å². The topological polar surface area (TPSA) is 119 Å². The number of carbonyl (C=O) groups is 3. The van der Waals surface area contributed by atoms with Crippen molar-refractivity contribution in [1.29, 1.82) is 0 Å². The molecule has 3 rings (SSSR count). The lowest BCUT2D eigenvalue weighted by atomic mass is 9.57. The Morgan fingerprint density at radius 2 is 1.75 bits per heavy atom. The SMILES string of the molecule is CC(=O)OC1CC(C)=CC2OC(=O)C(C)=C2CC2C(C)(O)C(O)C=CC2(C)C1OC(C)=O. The van der Waals surface area contributed by atoms with Gasteiger partial charge in [0.05, 0.1) is 5.60 Å².